The zero-order valence-corrected chi connectivity index (χ0v) is 20.1. The van der Waals surface area contributed by atoms with Crippen molar-refractivity contribution in [2.24, 2.45) is 11.8 Å². The van der Waals surface area contributed by atoms with Crippen LogP contribution in [-0.2, 0) is 16.0 Å². The van der Waals surface area contributed by atoms with Crippen LogP contribution in [0.2, 0.25) is 0 Å². The Morgan fingerprint density at radius 1 is 1.19 bits per heavy atom. The third kappa shape index (κ3) is 5.67. The third-order valence-electron chi connectivity index (χ3n) is 5.62. The third-order valence-corrected chi connectivity index (χ3v) is 6.62. The Labute approximate surface area is 190 Å². The molecule has 2 amide bonds. The number of hydrogen-bond donors (Lipinski definition) is 0. The number of hydrogen-bond acceptors (Lipinski definition) is 4. The molecule has 0 saturated heterocycles. The van der Waals surface area contributed by atoms with Crippen LogP contribution in [0.1, 0.15) is 49.7 Å². The van der Waals surface area contributed by atoms with E-state index in [-0.39, 0.29) is 30.3 Å². The van der Waals surface area contributed by atoms with Crippen molar-refractivity contribution in [1.82, 2.24) is 9.80 Å². The van der Waals surface area contributed by atoms with Crippen LogP contribution in [0.25, 0.3) is 0 Å². The van der Waals surface area contributed by atoms with Gasteiger partial charge in [-0.25, -0.2) is 0 Å². The second kappa shape index (κ2) is 10.3. The molecule has 1 aromatic heterocycles. The fraction of sp³-hybridized carbons (Fsp3) is 0.520. The summed E-state index contributed by atoms with van der Waals surface area (Å²) in [6.07, 6.45) is 0.849. The molecule has 0 bridgehead atoms. The minimum absolute atomic E-state index is 0.00937. The van der Waals surface area contributed by atoms with E-state index in [1.54, 1.807) is 16.2 Å². The minimum Gasteiger partial charge on any atom is -0.491 e. The number of fused-ring (bicyclic) bond motifs is 1. The molecular weight excluding hydrogens is 408 g/mol. The maximum atomic E-state index is 13.4. The van der Waals surface area contributed by atoms with Gasteiger partial charge in [-0.15, -0.1) is 11.3 Å². The van der Waals surface area contributed by atoms with Crippen LogP contribution in [0, 0.1) is 18.8 Å². The van der Waals surface area contributed by atoms with Crippen molar-refractivity contribution < 1.29 is 14.3 Å². The lowest BCUT2D eigenvalue weighted by molar-refractivity contribution is -0.144. The van der Waals surface area contributed by atoms with Gasteiger partial charge < -0.3 is 14.5 Å². The topological polar surface area (TPSA) is 49.9 Å². The standard InChI is InChI=1S/C25H34N2O3S/c1-17(2)14-26(25(29)18(3)4)15-24(28)27-12-10-23-20(11-13-31-23)21(27)16-30-22-9-7-6-8-19(22)5/h6-9,11,13,17-18,21H,10,12,14-16H2,1-5H3. The zero-order valence-electron chi connectivity index (χ0n) is 19.3. The maximum absolute atomic E-state index is 13.4. The first-order valence-electron chi connectivity index (χ1n) is 11.1. The van der Waals surface area contributed by atoms with E-state index in [1.807, 2.05) is 49.9 Å². The number of benzene rings is 1. The fourth-order valence-corrected chi connectivity index (χ4v) is 4.98. The smallest absolute Gasteiger partial charge is 0.242 e. The molecule has 0 N–H and O–H groups in total. The average molecular weight is 443 g/mol. The van der Waals surface area contributed by atoms with Crippen LogP contribution in [0.3, 0.4) is 0 Å². The number of thiophene rings is 1. The number of amides is 2. The summed E-state index contributed by atoms with van der Waals surface area (Å²) in [5, 5.41) is 2.09. The van der Waals surface area contributed by atoms with Crippen LogP contribution >= 0.6 is 11.3 Å². The molecule has 1 aliphatic heterocycles. The van der Waals surface area contributed by atoms with Crippen molar-refractivity contribution in [2.75, 3.05) is 26.2 Å². The number of carbonyl (C=O) groups excluding carboxylic acids is 2. The van der Waals surface area contributed by atoms with Gasteiger partial charge in [0.1, 0.15) is 12.4 Å². The number of rotatable bonds is 8. The molecule has 0 saturated carbocycles. The average Bonchev–Trinajstić information content (AvgIpc) is 3.20. The summed E-state index contributed by atoms with van der Waals surface area (Å²) in [4.78, 5) is 31.1. The Bertz CT molecular complexity index is 906. The van der Waals surface area contributed by atoms with Gasteiger partial charge in [0, 0.05) is 23.9 Å². The van der Waals surface area contributed by atoms with Crippen LogP contribution < -0.4 is 4.74 Å². The van der Waals surface area contributed by atoms with Gasteiger partial charge in [-0.3, -0.25) is 9.59 Å². The highest BCUT2D eigenvalue weighted by Crippen LogP contribution is 2.34. The summed E-state index contributed by atoms with van der Waals surface area (Å²) >= 11 is 1.74. The summed E-state index contributed by atoms with van der Waals surface area (Å²) < 4.78 is 6.17. The molecule has 6 heteroatoms. The van der Waals surface area contributed by atoms with E-state index in [4.69, 9.17) is 4.74 Å². The van der Waals surface area contributed by atoms with Crippen molar-refractivity contribution >= 4 is 23.2 Å². The highest BCUT2D eigenvalue weighted by molar-refractivity contribution is 7.10. The first kappa shape index (κ1) is 23.3. The molecule has 1 aliphatic rings. The number of carbonyl (C=O) groups is 2. The van der Waals surface area contributed by atoms with Crippen LogP contribution in [0.5, 0.6) is 5.75 Å². The van der Waals surface area contributed by atoms with Gasteiger partial charge in [0.05, 0.1) is 12.6 Å². The van der Waals surface area contributed by atoms with E-state index in [0.717, 1.165) is 17.7 Å². The molecule has 1 atom stereocenters. The SMILES string of the molecule is Cc1ccccc1OCC1c2ccsc2CCN1C(=O)CN(CC(C)C)C(=O)C(C)C. The van der Waals surface area contributed by atoms with E-state index in [1.165, 1.54) is 10.4 Å². The first-order valence-corrected chi connectivity index (χ1v) is 12.0. The Balaban J connectivity index is 1.79. The van der Waals surface area contributed by atoms with Crippen molar-refractivity contribution in [3.05, 3.63) is 51.7 Å². The largest absolute Gasteiger partial charge is 0.491 e. The number of aryl methyl sites for hydroxylation is 1. The molecule has 3 rings (SSSR count). The number of para-hydroxylation sites is 1. The molecule has 0 radical (unpaired) electrons. The van der Waals surface area contributed by atoms with Crippen LogP contribution in [-0.4, -0.2) is 47.9 Å². The lowest BCUT2D eigenvalue weighted by atomic mass is 10.00. The lowest BCUT2D eigenvalue weighted by Crippen LogP contribution is -2.49. The molecule has 2 aromatic rings. The van der Waals surface area contributed by atoms with Gasteiger partial charge in [0.15, 0.2) is 0 Å². The van der Waals surface area contributed by atoms with Gasteiger partial charge in [-0.2, -0.15) is 0 Å². The zero-order chi connectivity index (χ0) is 22.5. The molecule has 1 aromatic carbocycles. The normalized spacial score (nSPS) is 15.8. The Kier molecular flexibility index (Phi) is 7.76. The van der Waals surface area contributed by atoms with Gasteiger partial charge in [0.25, 0.3) is 0 Å². The predicted octanol–water partition coefficient (Wildman–Crippen LogP) is 4.70. The maximum Gasteiger partial charge on any atom is 0.242 e. The number of ether oxygens (including phenoxy) is 1. The molecule has 1 unspecified atom stereocenters. The van der Waals surface area contributed by atoms with Gasteiger partial charge in [0.2, 0.25) is 11.8 Å². The molecule has 31 heavy (non-hydrogen) atoms. The molecule has 0 fully saturated rings. The van der Waals surface area contributed by atoms with E-state index in [2.05, 4.69) is 25.3 Å². The Morgan fingerprint density at radius 3 is 2.61 bits per heavy atom. The van der Waals surface area contributed by atoms with E-state index in [0.29, 0.717) is 25.6 Å². The Hall–Kier alpha value is -2.34. The molecule has 168 valence electrons. The molecule has 0 spiro atoms. The van der Waals surface area contributed by atoms with Crippen molar-refractivity contribution in [1.29, 1.82) is 0 Å². The van der Waals surface area contributed by atoms with Crippen molar-refractivity contribution in [3.63, 3.8) is 0 Å². The van der Waals surface area contributed by atoms with Crippen molar-refractivity contribution in [2.45, 2.75) is 47.1 Å². The van der Waals surface area contributed by atoms with E-state index in [9.17, 15) is 9.59 Å². The molecular formula is C25H34N2O3S. The van der Waals surface area contributed by atoms with Gasteiger partial charge >= 0.3 is 0 Å². The highest BCUT2D eigenvalue weighted by atomic mass is 32.1. The molecule has 2 heterocycles. The molecule has 5 nitrogen and oxygen atoms in total. The van der Waals surface area contributed by atoms with Gasteiger partial charge in [-0.05, 0) is 47.9 Å². The monoisotopic (exact) mass is 442 g/mol. The highest BCUT2D eigenvalue weighted by Gasteiger charge is 2.34. The quantitative estimate of drug-likeness (QED) is 0.595. The van der Waals surface area contributed by atoms with E-state index < -0.39 is 0 Å². The lowest BCUT2D eigenvalue weighted by Gasteiger charge is -2.37. The molecule has 0 aliphatic carbocycles. The Morgan fingerprint density at radius 2 is 1.94 bits per heavy atom. The van der Waals surface area contributed by atoms with Crippen LogP contribution in [0.4, 0.5) is 0 Å². The van der Waals surface area contributed by atoms with Crippen LogP contribution in [0.15, 0.2) is 35.7 Å². The summed E-state index contributed by atoms with van der Waals surface area (Å²) in [6.45, 7) is 11.7. The minimum atomic E-state index is -0.142. The summed E-state index contributed by atoms with van der Waals surface area (Å²) in [5.74, 6) is 1.04. The fourth-order valence-electron chi connectivity index (χ4n) is 4.05. The second-order valence-corrected chi connectivity index (χ2v) is 10.00. The van der Waals surface area contributed by atoms with E-state index >= 15 is 0 Å². The number of nitrogens with zero attached hydrogens (tertiary/aromatic N) is 2. The first-order chi connectivity index (χ1) is 14.8. The predicted molar refractivity (Wildman–Crippen MR) is 125 cm³/mol. The summed E-state index contributed by atoms with van der Waals surface area (Å²) in [7, 11) is 0. The summed E-state index contributed by atoms with van der Waals surface area (Å²) in [5.41, 5.74) is 2.25. The summed E-state index contributed by atoms with van der Waals surface area (Å²) in [6, 6.07) is 9.91. The van der Waals surface area contributed by atoms with Gasteiger partial charge in [-0.1, -0.05) is 45.9 Å². The second-order valence-electron chi connectivity index (χ2n) is 9.00. The van der Waals surface area contributed by atoms with Crippen molar-refractivity contribution in [3.8, 4) is 5.75 Å².